The zero-order valence-corrected chi connectivity index (χ0v) is 13.0. The first-order valence-corrected chi connectivity index (χ1v) is 8.45. The van der Waals surface area contributed by atoms with Gasteiger partial charge in [-0.05, 0) is 37.1 Å². The fraction of sp³-hybridized carbons (Fsp3) is 0.571. The number of methoxy groups -OCH3 is 1. The number of benzene rings is 1. The van der Waals surface area contributed by atoms with Gasteiger partial charge in [0.1, 0.15) is 12.4 Å². The van der Waals surface area contributed by atoms with E-state index in [1.54, 1.807) is 31.4 Å². The summed E-state index contributed by atoms with van der Waals surface area (Å²) in [6, 6.07) is 6.59. The lowest BCUT2D eigenvalue weighted by Crippen LogP contribution is -2.42. The van der Waals surface area contributed by atoms with Gasteiger partial charge in [-0.15, -0.1) is 0 Å². The van der Waals surface area contributed by atoms with Crippen LogP contribution in [0.2, 0.25) is 0 Å². The molecule has 0 spiro atoms. The summed E-state index contributed by atoms with van der Waals surface area (Å²) in [7, 11) is -1.83. The standard InChI is InChI=1S/C14H22N2O4S/c1-19-10-11-20-13-2-4-14(5-3-13)21(17,18)16-8-6-12(15)7-9-16/h2-5,12H,6-11,15H2,1H3. The second kappa shape index (κ2) is 7.22. The van der Waals surface area contributed by atoms with Gasteiger partial charge in [-0.1, -0.05) is 0 Å². The molecule has 0 bridgehead atoms. The molecular formula is C14H22N2O4S. The second-order valence-electron chi connectivity index (χ2n) is 5.05. The van der Waals surface area contributed by atoms with E-state index in [1.807, 2.05) is 0 Å². The third kappa shape index (κ3) is 4.16. The predicted molar refractivity (Wildman–Crippen MR) is 79.8 cm³/mol. The molecule has 0 atom stereocenters. The van der Waals surface area contributed by atoms with E-state index in [-0.39, 0.29) is 10.9 Å². The van der Waals surface area contributed by atoms with Crippen molar-refractivity contribution >= 4 is 10.0 Å². The first-order chi connectivity index (χ1) is 10.0. The Bertz CT molecular complexity index is 537. The van der Waals surface area contributed by atoms with E-state index in [1.165, 1.54) is 4.31 Å². The SMILES string of the molecule is COCCOc1ccc(S(=O)(=O)N2CCC(N)CC2)cc1. The van der Waals surface area contributed by atoms with Crippen molar-refractivity contribution < 1.29 is 17.9 Å². The van der Waals surface area contributed by atoms with Crippen LogP contribution < -0.4 is 10.5 Å². The van der Waals surface area contributed by atoms with Gasteiger partial charge in [0.2, 0.25) is 10.0 Å². The van der Waals surface area contributed by atoms with Crippen molar-refractivity contribution in [1.82, 2.24) is 4.31 Å². The predicted octanol–water partition coefficient (Wildman–Crippen LogP) is 0.824. The van der Waals surface area contributed by atoms with Gasteiger partial charge < -0.3 is 15.2 Å². The maximum Gasteiger partial charge on any atom is 0.243 e. The van der Waals surface area contributed by atoms with Crippen LogP contribution in [0.25, 0.3) is 0 Å². The van der Waals surface area contributed by atoms with Crippen LogP contribution in [0.3, 0.4) is 0 Å². The summed E-state index contributed by atoms with van der Waals surface area (Å²) in [5, 5.41) is 0. The third-order valence-electron chi connectivity index (χ3n) is 3.52. The number of hydrogen-bond donors (Lipinski definition) is 1. The summed E-state index contributed by atoms with van der Waals surface area (Å²) in [4.78, 5) is 0.289. The molecule has 0 amide bonds. The first kappa shape index (κ1) is 16.2. The molecule has 1 aliphatic heterocycles. The number of nitrogens with two attached hydrogens (primary N) is 1. The topological polar surface area (TPSA) is 81.9 Å². The molecule has 2 N–H and O–H groups in total. The minimum Gasteiger partial charge on any atom is -0.491 e. The van der Waals surface area contributed by atoms with Crippen LogP contribution in [0.5, 0.6) is 5.75 Å². The fourth-order valence-electron chi connectivity index (χ4n) is 2.22. The Labute approximate surface area is 125 Å². The normalized spacial score (nSPS) is 17.8. The zero-order chi connectivity index (χ0) is 15.3. The van der Waals surface area contributed by atoms with Crippen molar-refractivity contribution in [3.63, 3.8) is 0 Å². The molecule has 21 heavy (non-hydrogen) atoms. The van der Waals surface area contributed by atoms with Gasteiger partial charge in [0.25, 0.3) is 0 Å². The van der Waals surface area contributed by atoms with Gasteiger partial charge >= 0.3 is 0 Å². The van der Waals surface area contributed by atoms with Crippen LogP contribution in [0.15, 0.2) is 29.2 Å². The number of ether oxygens (including phenoxy) is 2. The van der Waals surface area contributed by atoms with E-state index >= 15 is 0 Å². The molecule has 0 aliphatic carbocycles. The molecule has 1 aromatic rings. The van der Waals surface area contributed by atoms with Crippen LogP contribution in [0, 0.1) is 0 Å². The lowest BCUT2D eigenvalue weighted by atomic mass is 10.1. The number of piperidine rings is 1. The smallest absolute Gasteiger partial charge is 0.243 e. The Hall–Kier alpha value is -1.15. The minimum atomic E-state index is -3.43. The van der Waals surface area contributed by atoms with Crippen LogP contribution in [0.4, 0.5) is 0 Å². The summed E-state index contributed by atoms with van der Waals surface area (Å²) in [6.45, 7) is 1.89. The van der Waals surface area contributed by atoms with Crippen molar-refractivity contribution in [3.05, 3.63) is 24.3 Å². The molecule has 2 rings (SSSR count). The van der Waals surface area contributed by atoms with E-state index in [4.69, 9.17) is 15.2 Å². The van der Waals surface area contributed by atoms with Gasteiger partial charge in [0, 0.05) is 26.2 Å². The third-order valence-corrected chi connectivity index (χ3v) is 5.43. The number of rotatable bonds is 6. The molecule has 0 aromatic heterocycles. The highest BCUT2D eigenvalue weighted by atomic mass is 32.2. The molecule has 1 saturated heterocycles. The molecule has 6 nitrogen and oxygen atoms in total. The molecule has 1 aliphatic rings. The molecule has 0 saturated carbocycles. The molecule has 0 unspecified atom stereocenters. The minimum absolute atomic E-state index is 0.105. The largest absolute Gasteiger partial charge is 0.491 e. The van der Waals surface area contributed by atoms with Crippen LogP contribution >= 0.6 is 0 Å². The van der Waals surface area contributed by atoms with Crippen molar-refractivity contribution in [2.24, 2.45) is 5.73 Å². The highest BCUT2D eigenvalue weighted by Crippen LogP contribution is 2.22. The Morgan fingerprint density at radius 2 is 1.81 bits per heavy atom. The Balaban J connectivity index is 2.03. The molecular weight excluding hydrogens is 292 g/mol. The average Bonchev–Trinajstić information content (AvgIpc) is 2.48. The van der Waals surface area contributed by atoms with Gasteiger partial charge in [0.15, 0.2) is 0 Å². The van der Waals surface area contributed by atoms with Crippen LogP contribution in [0.1, 0.15) is 12.8 Å². The second-order valence-corrected chi connectivity index (χ2v) is 6.99. The van der Waals surface area contributed by atoms with E-state index in [0.717, 1.165) is 0 Å². The number of sulfonamides is 1. The number of hydrogen-bond acceptors (Lipinski definition) is 5. The summed E-state index contributed by atoms with van der Waals surface area (Å²) in [5.74, 6) is 0.631. The summed E-state index contributed by atoms with van der Waals surface area (Å²) in [5.41, 5.74) is 5.81. The van der Waals surface area contributed by atoms with Gasteiger partial charge in [-0.25, -0.2) is 8.42 Å². The van der Waals surface area contributed by atoms with Crippen molar-refractivity contribution in [2.75, 3.05) is 33.4 Å². The Kier molecular flexibility index (Phi) is 5.58. The van der Waals surface area contributed by atoms with E-state index < -0.39 is 10.0 Å². The van der Waals surface area contributed by atoms with Crippen molar-refractivity contribution in [1.29, 1.82) is 0 Å². The monoisotopic (exact) mass is 314 g/mol. The average molecular weight is 314 g/mol. The quantitative estimate of drug-likeness (QED) is 0.786. The molecule has 1 fully saturated rings. The highest BCUT2D eigenvalue weighted by Gasteiger charge is 2.28. The highest BCUT2D eigenvalue weighted by molar-refractivity contribution is 7.89. The Morgan fingerprint density at radius 3 is 2.38 bits per heavy atom. The van der Waals surface area contributed by atoms with Crippen LogP contribution in [-0.4, -0.2) is 52.2 Å². The molecule has 0 radical (unpaired) electrons. The van der Waals surface area contributed by atoms with E-state index in [0.29, 0.717) is 44.9 Å². The van der Waals surface area contributed by atoms with Gasteiger partial charge in [-0.2, -0.15) is 4.31 Å². The molecule has 1 aromatic carbocycles. The summed E-state index contributed by atoms with van der Waals surface area (Å²) in [6.07, 6.45) is 1.41. The van der Waals surface area contributed by atoms with Crippen molar-refractivity contribution in [3.8, 4) is 5.75 Å². The molecule has 118 valence electrons. The summed E-state index contributed by atoms with van der Waals surface area (Å²) >= 11 is 0. The van der Waals surface area contributed by atoms with Gasteiger partial charge in [-0.3, -0.25) is 0 Å². The summed E-state index contributed by atoms with van der Waals surface area (Å²) < 4.78 is 36.8. The zero-order valence-electron chi connectivity index (χ0n) is 12.2. The van der Waals surface area contributed by atoms with E-state index in [9.17, 15) is 8.42 Å². The Morgan fingerprint density at radius 1 is 1.19 bits per heavy atom. The van der Waals surface area contributed by atoms with E-state index in [2.05, 4.69) is 0 Å². The molecule has 7 heteroatoms. The first-order valence-electron chi connectivity index (χ1n) is 7.01. The number of nitrogens with zero attached hydrogens (tertiary/aromatic N) is 1. The van der Waals surface area contributed by atoms with Gasteiger partial charge in [0.05, 0.1) is 11.5 Å². The fourth-order valence-corrected chi connectivity index (χ4v) is 3.69. The maximum absolute atomic E-state index is 12.5. The lowest BCUT2D eigenvalue weighted by Gasteiger charge is -2.29. The molecule has 1 heterocycles. The van der Waals surface area contributed by atoms with Crippen molar-refractivity contribution in [2.45, 2.75) is 23.8 Å². The lowest BCUT2D eigenvalue weighted by molar-refractivity contribution is 0.146. The maximum atomic E-state index is 12.5. The van der Waals surface area contributed by atoms with Crippen LogP contribution in [-0.2, 0) is 14.8 Å².